The number of rotatable bonds is 5. The van der Waals surface area contributed by atoms with E-state index in [9.17, 15) is 9.59 Å². The van der Waals surface area contributed by atoms with Crippen LogP contribution in [-0.4, -0.2) is 51.4 Å². The summed E-state index contributed by atoms with van der Waals surface area (Å²) in [6.45, 7) is 2.31. The highest BCUT2D eigenvalue weighted by Gasteiger charge is 2.28. The second-order valence-electron chi connectivity index (χ2n) is 7.31. The number of para-hydroxylation sites is 2. The Morgan fingerprint density at radius 3 is 2.75 bits per heavy atom. The molecule has 146 valence electrons. The molecule has 0 atom stereocenters. The Balaban J connectivity index is 1.62. The molecule has 0 aliphatic carbocycles. The molecule has 0 unspecified atom stereocenters. The van der Waals surface area contributed by atoms with Crippen LogP contribution >= 0.6 is 0 Å². The van der Waals surface area contributed by atoms with Crippen molar-refractivity contribution >= 4 is 16.9 Å². The second-order valence-corrected chi connectivity index (χ2v) is 7.31. The first-order valence-corrected chi connectivity index (χ1v) is 9.57. The fourth-order valence-electron chi connectivity index (χ4n) is 3.80. The third-order valence-electron chi connectivity index (χ3n) is 5.40. The first-order chi connectivity index (χ1) is 13.6. The summed E-state index contributed by atoms with van der Waals surface area (Å²) >= 11 is 0. The van der Waals surface area contributed by atoms with E-state index < -0.39 is 0 Å². The topological polar surface area (TPSA) is 71.6 Å². The van der Waals surface area contributed by atoms with Gasteiger partial charge in [-0.05, 0) is 57.2 Å². The molecule has 1 saturated heterocycles. The van der Waals surface area contributed by atoms with Crippen molar-refractivity contribution < 1.29 is 9.21 Å². The highest BCUT2D eigenvalue weighted by atomic mass is 16.3. The lowest BCUT2D eigenvalue weighted by molar-refractivity contribution is -0.136. The molecule has 3 aromatic rings. The molecule has 3 heterocycles. The van der Waals surface area contributed by atoms with Crippen molar-refractivity contribution in [2.75, 3.05) is 20.1 Å². The molecule has 0 N–H and O–H groups in total. The highest BCUT2D eigenvalue weighted by Crippen LogP contribution is 2.20. The van der Waals surface area contributed by atoms with Crippen LogP contribution in [0.3, 0.4) is 0 Å². The number of benzene rings is 1. The Morgan fingerprint density at radius 1 is 1.21 bits per heavy atom. The molecule has 7 heteroatoms. The minimum Gasteiger partial charge on any atom is -0.467 e. The molecular formula is C21H24N4O3. The summed E-state index contributed by atoms with van der Waals surface area (Å²) in [5, 5.41) is 0. The highest BCUT2D eigenvalue weighted by molar-refractivity contribution is 5.80. The van der Waals surface area contributed by atoms with Gasteiger partial charge in [0.25, 0.3) is 5.56 Å². The number of fused-ring (bicyclic) bond motifs is 1. The van der Waals surface area contributed by atoms with Gasteiger partial charge in [-0.1, -0.05) is 12.1 Å². The van der Waals surface area contributed by atoms with Gasteiger partial charge in [-0.25, -0.2) is 4.98 Å². The number of furan rings is 1. The summed E-state index contributed by atoms with van der Waals surface area (Å²) in [5.41, 5.74) is 1.10. The van der Waals surface area contributed by atoms with Gasteiger partial charge in [0, 0.05) is 6.04 Å². The molecule has 1 amide bonds. The summed E-state index contributed by atoms with van der Waals surface area (Å²) < 4.78 is 7.00. The van der Waals surface area contributed by atoms with Crippen LogP contribution in [0.4, 0.5) is 0 Å². The van der Waals surface area contributed by atoms with Crippen molar-refractivity contribution in [3.8, 4) is 0 Å². The van der Waals surface area contributed by atoms with Crippen LogP contribution in [0.1, 0.15) is 18.6 Å². The number of hydrogen-bond acceptors (Lipinski definition) is 5. The number of aromatic nitrogens is 2. The van der Waals surface area contributed by atoms with E-state index >= 15 is 0 Å². The Bertz CT molecular complexity index is 1000. The van der Waals surface area contributed by atoms with Crippen LogP contribution in [0.15, 0.2) is 58.1 Å². The van der Waals surface area contributed by atoms with Crippen LogP contribution < -0.4 is 5.56 Å². The van der Waals surface area contributed by atoms with Crippen LogP contribution in [0.5, 0.6) is 0 Å². The Kier molecular flexibility index (Phi) is 5.25. The Morgan fingerprint density at radius 2 is 2.00 bits per heavy atom. The molecule has 1 aliphatic rings. The van der Waals surface area contributed by atoms with Crippen LogP contribution in [0.2, 0.25) is 0 Å². The minimum absolute atomic E-state index is 0.00505. The maximum atomic E-state index is 13.3. The van der Waals surface area contributed by atoms with E-state index in [1.165, 1.54) is 10.8 Å². The van der Waals surface area contributed by atoms with Crippen LogP contribution in [0.25, 0.3) is 11.0 Å². The van der Waals surface area contributed by atoms with Gasteiger partial charge in [0.15, 0.2) is 0 Å². The number of amides is 1. The summed E-state index contributed by atoms with van der Waals surface area (Å²) in [5.74, 6) is 0.670. The molecule has 0 bridgehead atoms. The molecule has 1 aromatic carbocycles. The molecule has 1 aliphatic heterocycles. The summed E-state index contributed by atoms with van der Waals surface area (Å²) in [4.78, 5) is 34.1. The summed E-state index contributed by atoms with van der Waals surface area (Å²) in [6.07, 6.45) is 4.72. The van der Waals surface area contributed by atoms with Crippen LogP contribution in [-0.2, 0) is 17.9 Å². The predicted octanol–water partition coefficient (Wildman–Crippen LogP) is 2.11. The van der Waals surface area contributed by atoms with Crippen molar-refractivity contribution in [1.82, 2.24) is 19.4 Å². The van der Waals surface area contributed by atoms with Crippen molar-refractivity contribution in [1.29, 1.82) is 0 Å². The quantitative estimate of drug-likeness (QED) is 0.678. The number of carbonyl (C=O) groups excluding carboxylic acids is 1. The lowest BCUT2D eigenvalue weighted by Crippen LogP contribution is -2.47. The minimum atomic E-state index is -0.270. The first-order valence-electron chi connectivity index (χ1n) is 9.57. The standard InChI is InChI=1S/C21H24N4O3/c1-23-10-8-16(9-11-23)24(14-17-5-4-12-28-17)21(27)15-25-19-7-3-2-6-18(19)22-13-20(25)26/h2-7,12-13,16H,8-11,14-15H2,1H3. The fourth-order valence-corrected chi connectivity index (χ4v) is 3.80. The van der Waals surface area contributed by atoms with E-state index in [0.29, 0.717) is 17.6 Å². The van der Waals surface area contributed by atoms with E-state index in [-0.39, 0.29) is 24.1 Å². The van der Waals surface area contributed by atoms with Gasteiger partial charge < -0.3 is 14.2 Å². The maximum absolute atomic E-state index is 13.3. The molecule has 7 nitrogen and oxygen atoms in total. The fraction of sp³-hybridized carbons (Fsp3) is 0.381. The number of carbonyl (C=O) groups is 1. The smallest absolute Gasteiger partial charge is 0.269 e. The number of nitrogens with zero attached hydrogens (tertiary/aromatic N) is 4. The van der Waals surface area contributed by atoms with Crippen molar-refractivity contribution in [2.24, 2.45) is 0 Å². The maximum Gasteiger partial charge on any atom is 0.269 e. The van der Waals surface area contributed by atoms with Gasteiger partial charge in [0.1, 0.15) is 12.3 Å². The third kappa shape index (κ3) is 3.84. The summed E-state index contributed by atoms with van der Waals surface area (Å²) in [7, 11) is 2.09. The van der Waals surface area contributed by atoms with Gasteiger partial charge in [-0.3, -0.25) is 14.2 Å². The van der Waals surface area contributed by atoms with E-state index in [2.05, 4.69) is 16.9 Å². The number of hydrogen-bond donors (Lipinski definition) is 0. The van der Waals surface area contributed by atoms with Gasteiger partial charge in [0.05, 0.1) is 30.0 Å². The SMILES string of the molecule is CN1CCC(N(Cc2ccco2)C(=O)Cn2c(=O)cnc3ccccc32)CC1. The first kappa shape index (κ1) is 18.4. The molecule has 0 saturated carbocycles. The van der Waals surface area contributed by atoms with E-state index in [1.807, 2.05) is 41.3 Å². The van der Waals surface area contributed by atoms with Crippen molar-refractivity contribution in [3.05, 3.63) is 65.0 Å². The van der Waals surface area contributed by atoms with E-state index in [4.69, 9.17) is 4.42 Å². The Labute approximate surface area is 163 Å². The zero-order chi connectivity index (χ0) is 19.5. The number of piperidine rings is 1. The van der Waals surface area contributed by atoms with Crippen molar-refractivity contribution in [2.45, 2.75) is 32.0 Å². The molecule has 1 fully saturated rings. The lowest BCUT2D eigenvalue weighted by Gasteiger charge is -2.37. The zero-order valence-electron chi connectivity index (χ0n) is 16.0. The Hall–Kier alpha value is -2.93. The van der Waals surface area contributed by atoms with Crippen LogP contribution in [0, 0.1) is 0 Å². The molecule has 0 radical (unpaired) electrons. The van der Waals surface area contributed by atoms with Gasteiger partial charge >= 0.3 is 0 Å². The van der Waals surface area contributed by atoms with E-state index in [0.717, 1.165) is 31.7 Å². The largest absolute Gasteiger partial charge is 0.467 e. The monoisotopic (exact) mass is 380 g/mol. The summed E-state index contributed by atoms with van der Waals surface area (Å²) in [6, 6.07) is 11.2. The second kappa shape index (κ2) is 7.98. The van der Waals surface area contributed by atoms with E-state index in [1.54, 1.807) is 6.26 Å². The normalized spacial score (nSPS) is 15.8. The third-order valence-corrected chi connectivity index (χ3v) is 5.40. The van der Waals surface area contributed by atoms with Gasteiger partial charge in [-0.2, -0.15) is 0 Å². The van der Waals surface area contributed by atoms with Gasteiger partial charge in [0.2, 0.25) is 5.91 Å². The molecule has 4 rings (SSSR count). The zero-order valence-corrected chi connectivity index (χ0v) is 16.0. The molecule has 28 heavy (non-hydrogen) atoms. The number of likely N-dealkylation sites (tertiary alicyclic amines) is 1. The lowest BCUT2D eigenvalue weighted by atomic mass is 10.0. The average Bonchev–Trinajstić information content (AvgIpc) is 3.22. The predicted molar refractivity (Wildman–Crippen MR) is 106 cm³/mol. The average molecular weight is 380 g/mol. The van der Waals surface area contributed by atoms with Gasteiger partial charge in [-0.15, -0.1) is 0 Å². The molecular weight excluding hydrogens is 356 g/mol. The molecule has 0 spiro atoms. The molecule has 2 aromatic heterocycles. The van der Waals surface area contributed by atoms with Crippen molar-refractivity contribution in [3.63, 3.8) is 0 Å².